The van der Waals surface area contributed by atoms with E-state index in [4.69, 9.17) is 15.3 Å². The second kappa shape index (κ2) is 12.9. The minimum absolute atomic E-state index is 0.0853. The fourth-order valence-electron chi connectivity index (χ4n) is 3.81. The molecule has 0 amide bonds. The van der Waals surface area contributed by atoms with Crippen LogP contribution in [0.1, 0.15) is 44.5 Å². The van der Waals surface area contributed by atoms with Gasteiger partial charge in [0.15, 0.2) is 0 Å². The summed E-state index contributed by atoms with van der Waals surface area (Å²) in [4.78, 5) is 0. The normalized spacial score (nSPS) is 10.8. The lowest BCUT2D eigenvalue weighted by atomic mass is 10.1. The molecule has 3 nitrogen and oxygen atoms in total. The van der Waals surface area contributed by atoms with Crippen molar-refractivity contribution < 1.29 is 31.1 Å². The average Bonchev–Trinajstić information content (AvgIpc) is 2.97. The Morgan fingerprint density at radius 2 is 0.884 bits per heavy atom. The summed E-state index contributed by atoms with van der Waals surface area (Å²) in [5, 5.41) is 18.3. The quantitative estimate of drug-likeness (QED) is 0.179. The van der Waals surface area contributed by atoms with Crippen molar-refractivity contribution in [1.82, 2.24) is 0 Å². The van der Waals surface area contributed by atoms with Crippen LogP contribution in [0.2, 0.25) is 0 Å². The molecule has 0 aromatic heterocycles. The van der Waals surface area contributed by atoms with Gasteiger partial charge in [-0.2, -0.15) is 36.9 Å². The summed E-state index contributed by atoms with van der Waals surface area (Å²) in [6.07, 6.45) is -8.78. The van der Waals surface area contributed by atoms with Gasteiger partial charge in [-0.25, -0.2) is 0 Å². The number of nitrogens with zero attached hydrogens (tertiary/aromatic N) is 2. The third-order valence-electron chi connectivity index (χ3n) is 5.98. The molecule has 0 fully saturated rings. The Hall–Kier alpha value is -5.64. The van der Waals surface area contributed by atoms with Crippen molar-refractivity contribution in [2.45, 2.75) is 25.2 Å². The SMILES string of the molecule is N#CCc1ccc(Oc2ccc(CC#N)cc2C#Cc2ccc(C(F)(F)F)cc2)c(C#Cc2ccc(C(F)(F)F)cc2)c1. The maximum Gasteiger partial charge on any atom is 0.416 e. The molecule has 0 atom stereocenters. The van der Waals surface area contributed by atoms with E-state index in [0.717, 1.165) is 24.3 Å². The zero-order chi connectivity index (χ0) is 31.0. The van der Waals surface area contributed by atoms with Crippen LogP contribution in [0.5, 0.6) is 11.5 Å². The van der Waals surface area contributed by atoms with E-state index in [0.29, 0.717) is 33.4 Å². The van der Waals surface area contributed by atoms with E-state index >= 15 is 0 Å². The van der Waals surface area contributed by atoms with Crippen molar-refractivity contribution in [3.05, 3.63) is 129 Å². The maximum absolute atomic E-state index is 12.9. The van der Waals surface area contributed by atoms with E-state index in [1.807, 2.05) is 12.1 Å². The first-order valence-electron chi connectivity index (χ1n) is 12.5. The fraction of sp³-hybridized carbons (Fsp3) is 0.118. The van der Waals surface area contributed by atoms with Gasteiger partial charge >= 0.3 is 12.4 Å². The molecule has 43 heavy (non-hydrogen) atoms. The van der Waals surface area contributed by atoms with Gasteiger partial charge in [0, 0.05) is 11.1 Å². The van der Waals surface area contributed by atoms with Crippen LogP contribution in [0, 0.1) is 46.3 Å². The summed E-state index contributed by atoms with van der Waals surface area (Å²) < 4.78 is 83.6. The molecule has 0 spiro atoms. The van der Waals surface area contributed by atoms with Crippen molar-refractivity contribution >= 4 is 0 Å². The summed E-state index contributed by atoms with van der Waals surface area (Å²) in [7, 11) is 0. The number of benzene rings is 4. The van der Waals surface area contributed by atoms with Gasteiger partial charge in [0.25, 0.3) is 0 Å². The predicted octanol–water partition coefficient (Wildman–Crippen LogP) is 8.45. The monoisotopic (exact) mass is 584 g/mol. The van der Waals surface area contributed by atoms with Gasteiger partial charge in [0.2, 0.25) is 0 Å². The van der Waals surface area contributed by atoms with Gasteiger partial charge in [0.1, 0.15) is 11.5 Å². The molecule has 0 radical (unpaired) electrons. The molecule has 0 N–H and O–H groups in total. The van der Waals surface area contributed by atoms with Crippen molar-refractivity contribution in [1.29, 1.82) is 10.5 Å². The van der Waals surface area contributed by atoms with Gasteiger partial charge in [-0.1, -0.05) is 35.8 Å². The van der Waals surface area contributed by atoms with Crippen LogP contribution in [-0.4, -0.2) is 0 Å². The zero-order valence-electron chi connectivity index (χ0n) is 22.1. The highest BCUT2D eigenvalue weighted by molar-refractivity contribution is 5.57. The van der Waals surface area contributed by atoms with Crippen LogP contribution < -0.4 is 4.74 Å². The average molecular weight is 585 g/mol. The van der Waals surface area contributed by atoms with Gasteiger partial charge in [0.05, 0.1) is 47.2 Å². The molecule has 0 saturated heterocycles. The summed E-state index contributed by atoms with van der Waals surface area (Å²) in [6, 6.07) is 22.6. The first-order valence-corrected chi connectivity index (χ1v) is 12.5. The zero-order valence-corrected chi connectivity index (χ0v) is 22.1. The molecule has 212 valence electrons. The molecule has 0 heterocycles. The number of hydrogen-bond donors (Lipinski definition) is 0. The lowest BCUT2D eigenvalue weighted by Crippen LogP contribution is -2.04. The van der Waals surface area contributed by atoms with Crippen molar-refractivity contribution in [3.8, 4) is 47.3 Å². The second-order valence-electron chi connectivity index (χ2n) is 9.08. The Bertz CT molecular complexity index is 1700. The highest BCUT2D eigenvalue weighted by Gasteiger charge is 2.30. The molecule has 0 aliphatic heterocycles. The topological polar surface area (TPSA) is 56.8 Å². The standard InChI is InChI=1S/C34H18F6N2O/c35-33(36,37)29-11-3-23(4-12-29)1-9-27-21-25(17-19-41)7-15-31(27)43-32-16-8-26(18-20-42)22-28(32)10-2-24-5-13-30(14-6-24)34(38,39)40/h3-8,11-16,21-22H,17-18H2. The fourth-order valence-corrected chi connectivity index (χ4v) is 3.81. The van der Waals surface area contributed by atoms with E-state index < -0.39 is 23.5 Å². The van der Waals surface area contributed by atoms with Gasteiger partial charge in [-0.15, -0.1) is 0 Å². The Morgan fingerprint density at radius 1 is 0.512 bits per heavy atom. The van der Waals surface area contributed by atoms with Gasteiger partial charge in [-0.05, 0) is 83.9 Å². The third-order valence-corrected chi connectivity index (χ3v) is 5.98. The molecule has 0 aliphatic carbocycles. The van der Waals surface area contributed by atoms with Crippen molar-refractivity contribution in [3.63, 3.8) is 0 Å². The van der Waals surface area contributed by atoms with Crippen LogP contribution in [0.3, 0.4) is 0 Å². The van der Waals surface area contributed by atoms with Crippen molar-refractivity contribution in [2.24, 2.45) is 0 Å². The highest BCUT2D eigenvalue weighted by Crippen LogP contribution is 2.32. The number of ether oxygens (including phenoxy) is 1. The Morgan fingerprint density at radius 3 is 1.21 bits per heavy atom. The summed E-state index contributed by atoms with van der Waals surface area (Å²) in [5.41, 5.74) is 1.04. The first-order chi connectivity index (χ1) is 20.5. The summed E-state index contributed by atoms with van der Waals surface area (Å²) >= 11 is 0. The third kappa shape index (κ3) is 8.20. The molecule has 0 aliphatic rings. The molecule has 0 unspecified atom stereocenters. The van der Waals surface area contributed by atoms with E-state index in [2.05, 4.69) is 23.7 Å². The molecule has 4 rings (SSSR count). The first kappa shape index (κ1) is 30.3. The highest BCUT2D eigenvalue weighted by atomic mass is 19.4. The minimum atomic E-state index is -4.48. The molecule has 0 saturated carbocycles. The largest absolute Gasteiger partial charge is 0.455 e. The summed E-state index contributed by atoms with van der Waals surface area (Å²) in [6.45, 7) is 0. The summed E-state index contributed by atoms with van der Waals surface area (Å²) in [5.74, 6) is 12.0. The molecular formula is C34H18F6N2O. The van der Waals surface area contributed by atoms with Gasteiger partial charge < -0.3 is 4.74 Å². The lowest BCUT2D eigenvalue weighted by molar-refractivity contribution is -0.138. The molecule has 0 bridgehead atoms. The second-order valence-corrected chi connectivity index (χ2v) is 9.08. The van der Waals surface area contributed by atoms with E-state index in [9.17, 15) is 26.3 Å². The van der Waals surface area contributed by atoms with E-state index in [-0.39, 0.29) is 24.3 Å². The molecular weight excluding hydrogens is 566 g/mol. The minimum Gasteiger partial charge on any atom is -0.455 e. The van der Waals surface area contributed by atoms with Crippen LogP contribution in [0.4, 0.5) is 26.3 Å². The Labute approximate surface area is 243 Å². The van der Waals surface area contributed by atoms with Crippen LogP contribution in [0.25, 0.3) is 0 Å². The number of alkyl halides is 6. The van der Waals surface area contributed by atoms with Crippen LogP contribution >= 0.6 is 0 Å². The smallest absolute Gasteiger partial charge is 0.416 e. The Balaban J connectivity index is 1.71. The van der Waals surface area contributed by atoms with Gasteiger partial charge in [-0.3, -0.25) is 0 Å². The number of halogens is 6. The number of nitriles is 2. The maximum atomic E-state index is 12.9. The predicted molar refractivity (Wildman–Crippen MR) is 146 cm³/mol. The Kier molecular flexibility index (Phi) is 9.10. The van der Waals surface area contributed by atoms with Crippen LogP contribution in [0.15, 0.2) is 84.9 Å². The molecule has 9 heteroatoms. The number of rotatable bonds is 4. The van der Waals surface area contributed by atoms with Crippen molar-refractivity contribution in [2.75, 3.05) is 0 Å². The van der Waals surface area contributed by atoms with Crippen LogP contribution in [-0.2, 0) is 25.2 Å². The van der Waals surface area contributed by atoms with E-state index in [1.165, 1.54) is 24.3 Å². The molecule has 4 aromatic carbocycles. The molecule has 4 aromatic rings. The lowest BCUT2D eigenvalue weighted by Gasteiger charge is -2.12. The number of hydrogen-bond acceptors (Lipinski definition) is 3. The van der Waals surface area contributed by atoms with E-state index in [1.54, 1.807) is 36.4 Å².